The van der Waals surface area contributed by atoms with Gasteiger partial charge in [-0.15, -0.1) is 0 Å². The van der Waals surface area contributed by atoms with Gasteiger partial charge in [0.25, 0.3) is 0 Å². The third-order valence-corrected chi connectivity index (χ3v) is 4.10. The summed E-state index contributed by atoms with van der Waals surface area (Å²) in [5.41, 5.74) is 1.10. The van der Waals surface area contributed by atoms with E-state index in [-0.39, 0.29) is 6.61 Å². The number of hydrogen-bond acceptors (Lipinski definition) is 6. The van der Waals surface area contributed by atoms with Crippen molar-refractivity contribution in [3.05, 3.63) is 35.9 Å². The van der Waals surface area contributed by atoms with Crippen LogP contribution in [0.5, 0.6) is 0 Å². The second kappa shape index (κ2) is 8.01. The maximum atomic E-state index is 10.4. The molecule has 0 aliphatic carbocycles. The molecule has 1 fully saturated rings. The van der Waals surface area contributed by atoms with Gasteiger partial charge in [0.2, 0.25) is 0 Å². The Hall–Kier alpha value is -1.02. The van der Waals surface area contributed by atoms with Crippen molar-refractivity contribution in [1.82, 2.24) is 5.32 Å². The highest BCUT2D eigenvalue weighted by molar-refractivity contribution is 5.15. The molecular weight excluding hydrogens is 286 g/mol. The van der Waals surface area contributed by atoms with Crippen molar-refractivity contribution in [3.8, 4) is 0 Å². The van der Waals surface area contributed by atoms with E-state index in [0.29, 0.717) is 19.6 Å². The molecule has 1 aromatic carbocycles. The van der Waals surface area contributed by atoms with Crippen LogP contribution in [-0.4, -0.2) is 61.7 Å². The van der Waals surface area contributed by atoms with Gasteiger partial charge in [0.1, 0.15) is 12.2 Å². The third kappa shape index (κ3) is 3.65. The summed E-state index contributed by atoms with van der Waals surface area (Å²) in [6, 6.07) is 9.43. The molecule has 0 saturated carbocycles. The van der Waals surface area contributed by atoms with Crippen molar-refractivity contribution in [2.45, 2.75) is 37.0 Å². The van der Waals surface area contributed by atoms with Gasteiger partial charge in [0.15, 0.2) is 5.79 Å². The van der Waals surface area contributed by atoms with Gasteiger partial charge < -0.3 is 29.7 Å². The van der Waals surface area contributed by atoms with E-state index in [2.05, 4.69) is 5.32 Å². The van der Waals surface area contributed by atoms with Gasteiger partial charge in [0.05, 0.1) is 19.3 Å². The fourth-order valence-electron chi connectivity index (χ4n) is 2.86. The molecule has 1 aromatic rings. The van der Waals surface area contributed by atoms with Crippen molar-refractivity contribution < 1.29 is 24.4 Å². The predicted molar refractivity (Wildman–Crippen MR) is 81.3 cm³/mol. The predicted octanol–water partition coefficient (Wildman–Crippen LogP) is 0.276. The van der Waals surface area contributed by atoms with Crippen LogP contribution in [0.25, 0.3) is 0 Å². The number of aliphatic hydroxyl groups is 2. The Balaban J connectivity index is 2.11. The van der Waals surface area contributed by atoms with E-state index >= 15 is 0 Å². The zero-order valence-corrected chi connectivity index (χ0v) is 13.1. The lowest BCUT2D eigenvalue weighted by Gasteiger charge is -2.34. The first-order valence-electron chi connectivity index (χ1n) is 7.45. The fourth-order valence-corrected chi connectivity index (χ4v) is 2.86. The quantitative estimate of drug-likeness (QED) is 0.640. The summed E-state index contributed by atoms with van der Waals surface area (Å²) in [5, 5.41) is 23.1. The molecule has 1 aliphatic rings. The number of aliphatic hydroxyl groups excluding tert-OH is 2. The zero-order valence-electron chi connectivity index (χ0n) is 13.1. The average molecular weight is 311 g/mol. The normalized spacial score (nSPS) is 31.5. The SMILES string of the molecule is COCC[C@]1(OC)O[C@@H](CO)[C@H](O)[C@@H]1NCc1ccccc1. The van der Waals surface area contributed by atoms with Crippen molar-refractivity contribution in [1.29, 1.82) is 0 Å². The molecule has 1 aliphatic heterocycles. The van der Waals surface area contributed by atoms with Gasteiger partial charge in [-0.1, -0.05) is 30.3 Å². The van der Waals surface area contributed by atoms with Gasteiger partial charge in [-0.2, -0.15) is 0 Å². The Morgan fingerprint density at radius 3 is 2.59 bits per heavy atom. The second-order valence-electron chi connectivity index (χ2n) is 5.43. The first-order valence-corrected chi connectivity index (χ1v) is 7.45. The summed E-state index contributed by atoms with van der Waals surface area (Å²) < 4.78 is 16.5. The van der Waals surface area contributed by atoms with Crippen LogP contribution in [0, 0.1) is 0 Å². The molecule has 4 atom stereocenters. The summed E-state index contributed by atoms with van der Waals surface area (Å²) in [4.78, 5) is 0. The maximum absolute atomic E-state index is 10.4. The van der Waals surface area contributed by atoms with Crippen LogP contribution in [0.15, 0.2) is 30.3 Å². The molecule has 0 radical (unpaired) electrons. The van der Waals surface area contributed by atoms with Crippen LogP contribution in [0.2, 0.25) is 0 Å². The third-order valence-electron chi connectivity index (χ3n) is 4.10. The molecule has 22 heavy (non-hydrogen) atoms. The molecular formula is C16H25NO5. The smallest absolute Gasteiger partial charge is 0.188 e. The minimum absolute atomic E-state index is 0.261. The highest BCUT2D eigenvalue weighted by Crippen LogP contribution is 2.35. The Kier molecular flexibility index (Phi) is 6.31. The Bertz CT molecular complexity index is 443. The zero-order chi connectivity index (χ0) is 16.0. The number of ether oxygens (including phenoxy) is 3. The van der Waals surface area contributed by atoms with E-state index in [1.807, 2.05) is 30.3 Å². The minimum Gasteiger partial charge on any atom is -0.394 e. The fraction of sp³-hybridized carbons (Fsp3) is 0.625. The van der Waals surface area contributed by atoms with Crippen LogP contribution in [0.1, 0.15) is 12.0 Å². The topological polar surface area (TPSA) is 80.2 Å². The van der Waals surface area contributed by atoms with Crippen LogP contribution < -0.4 is 5.32 Å². The summed E-state index contributed by atoms with van der Waals surface area (Å²) >= 11 is 0. The minimum atomic E-state index is -1.02. The van der Waals surface area contributed by atoms with Crippen molar-refractivity contribution in [2.24, 2.45) is 0 Å². The van der Waals surface area contributed by atoms with Crippen molar-refractivity contribution >= 4 is 0 Å². The lowest BCUT2D eigenvalue weighted by atomic mass is 9.98. The molecule has 6 nitrogen and oxygen atoms in total. The molecule has 0 amide bonds. The molecule has 2 rings (SSSR count). The summed E-state index contributed by atoms with van der Waals surface area (Å²) in [7, 11) is 3.14. The maximum Gasteiger partial charge on any atom is 0.188 e. The molecule has 0 bridgehead atoms. The number of methoxy groups -OCH3 is 2. The number of hydrogen-bond donors (Lipinski definition) is 3. The lowest BCUT2D eigenvalue weighted by Crippen LogP contribution is -2.54. The van der Waals surface area contributed by atoms with E-state index in [0.717, 1.165) is 5.56 Å². The Labute approximate surface area is 131 Å². The standard InChI is InChI=1S/C16H25NO5/c1-20-9-8-16(21-2)15(14(19)13(11-18)22-16)17-10-12-6-4-3-5-7-12/h3-7,13-15,17-19H,8-11H2,1-2H3/t13-,14-,15-,16-/m0/s1. The Morgan fingerprint density at radius 1 is 1.27 bits per heavy atom. The first kappa shape index (κ1) is 17.3. The highest BCUT2D eigenvalue weighted by atomic mass is 16.7. The van der Waals surface area contributed by atoms with E-state index in [1.54, 1.807) is 14.2 Å². The molecule has 1 heterocycles. The molecule has 3 N–H and O–H groups in total. The van der Waals surface area contributed by atoms with Crippen LogP contribution >= 0.6 is 0 Å². The lowest BCUT2D eigenvalue weighted by molar-refractivity contribution is -0.233. The number of rotatable bonds is 8. The van der Waals surface area contributed by atoms with Gasteiger partial charge in [-0.3, -0.25) is 0 Å². The summed E-state index contributed by atoms with van der Waals surface area (Å²) in [6.07, 6.45) is -1.07. The van der Waals surface area contributed by atoms with Crippen LogP contribution in [0.4, 0.5) is 0 Å². The van der Waals surface area contributed by atoms with E-state index in [1.165, 1.54) is 0 Å². The van der Waals surface area contributed by atoms with Crippen LogP contribution in [-0.2, 0) is 20.8 Å². The summed E-state index contributed by atoms with van der Waals surface area (Å²) in [5.74, 6) is -1.02. The molecule has 0 unspecified atom stereocenters. The summed E-state index contributed by atoms with van der Waals surface area (Å²) in [6.45, 7) is 0.743. The first-order chi connectivity index (χ1) is 10.7. The molecule has 0 aromatic heterocycles. The average Bonchev–Trinajstić information content (AvgIpc) is 2.84. The van der Waals surface area contributed by atoms with Gasteiger partial charge >= 0.3 is 0 Å². The molecule has 124 valence electrons. The van der Waals surface area contributed by atoms with Gasteiger partial charge in [-0.25, -0.2) is 0 Å². The highest BCUT2D eigenvalue weighted by Gasteiger charge is 2.54. The van der Waals surface area contributed by atoms with Crippen molar-refractivity contribution in [3.63, 3.8) is 0 Å². The number of nitrogens with one attached hydrogen (secondary N) is 1. The van der Waals surface area contributed by atoms with E-state index in [4.69, 9.17) is 14.2 Å². The van der Waals surface area contributed by atoms with Gasteiger partial charge in [0, 0.05) is 27.2 Å². The second-order valence-corrected chi connectivity index (χ2v) is 5.43. The van der Waals surface area contributed by atoms with Crippen molar-refractivity contribution in [2.75, 3.05) is 27.4 Å². The van der Waals surface area contributed by atoms with Gasteiger partial charge in [-0.05, 0) is 5.56 Å². The van der Waals surface area contributed by atoms with E-state index in [9.17, 15) is 10.2 Å². The van der Waals surface area contributed by atoms with E-state index < -0.39 is 24.0 Å². The molecule has 0 spiro atoms. The number of benzene rings is 1. The largest absolute Gasteiger partial charge is 0.394 e. The monoisotopic (exact) mass is 311 g/mol. The Morgan fingerprint density at radius 2 is 2.00 bits per heavy atom. The molecule has 1 saturated heterocycles. The van der Waals surface area contributed by atoms with Crippen LogP contribution in [0.3, 0.4) is 0 Å². The molecule has 6 heteroatoms.